The largest absolute Gasteiger partial charge is 0.407 e. The maximum atomic E-state index is 14.4. The molecule has 1 aliphatic rings. The van der Waals surface area contributed by atoms with Crippen LogP contribution >= 0.6 is 35.0 Å². The molecule has 1 atom stereocenters. The topological polar surface area (TPSA) is 17.1 Å². The molecule has 1 unspecified atom stereocenters. The van der Waals surface area contributed by atoms with Crippen LogP contribution in [0, 0.1) is 0 Å². The quantitative estimate of drug-likeness (QED) is 0.354. The van der Waals surface area contributed by atoms with Crippen LogP contribution < -0.4 is 0 Å². The summed E-state index contributed by atoms with van der Waals surface area (Å²) in [6, 6.07) is 17.1. The number of thioether (sulfide) groups is 1. The lowest BCUT2D eigenvalue weighted by Gasteiger charge is -2.31. The van der Waals surface area contributed by atoms with E-state index in [4.69, 9.17) is 23.2 Å². The number of fused-ring (bicyclic) bond motifs is 1. The Labute approximate surface area is 198 Å². The minimum atomic E-state index is -4.51. The first-order chi connectivity index (χ1) is 15.1. The van der Waals surface area contributed by atoms with Crippen molar-refractivity contribution < 1.29 is 18.0 Å². The Morgan fingerprint density at radius 3 is 2.34 bits per heavy atom. The zero-order chi connectivity index (χ0) is 23.1. The second-order valence-electron chi connectivity index (χ2n) is 7.85. The molecule has 1 aliphatic heterocycles. The number of benzene rings is 3. The van der Waals surface area contributed by atoms with Gasteiger partial charge in [-0.1, -0.05) is 60.5 Å². The summed E-state index contributed by atoms with van der Waals surface area (Å²) in [5.74, 6) is 0.141. The van der Waals surface area contributed by atoms with E-state index in [-0.39, 0.29) is 27.8 Å². The first kappa shape index (κ1) is 23.2. The summed E-state index contributed by atoms with van der Waals surface area (Å²) in [6.07, 6.45) is -3.91. The Balaban J connectivity index is 1.72. The SMILES string of the molecule is CCC(=O)Cc1cccc(-c2ccc3c(c2)CC(c2cc(Cl)cc(Cl)c2)(C(F)(F)F)S3)c1. The molecule has 0 fully saturated rings. The number of ketones is 1. The molecule has 166 valence electrons. The fourth-order valence-corrected chi connectivity index (χ4v) is 5.85. The van der Waals surface area contributed by atoms with E-state index >= 15 is 0 Å². The highest BCUT2D eigenvalue weighted by atomic mass is 35.5. The summed E-state index contributed by atoms with van der Waals surface area (Å²) in [5.41, 5.74) is 3.25. The Morgan fingerprint density at radius 1 is 1.00 bits per heavy atom. The van der Waals surface area contributed by atoms with Gasteiger partial charge >= 0.3 is 6.18 Å². The molecule has 0 aliphatic carbocycles. The maximum absolute atomic E-state index is 14.4. The van der Waals surface area contributed by atoms with Gasteiger partial charge in [0.15, 0.2) is 0 Å². The Kier molecular flexibility index (Phi) is 6.36. The van der Waals surface area contributed by atoms with Gasteiger partial charge in [-0.15, -0.1) is 11.8 Å². The lowest BCUT2D eigenvalue weighted by atomic mass is 9.89. The standard InChI is InChI=1S/C25H19Cl2F3OS/c1-2-22(31)9-15-4-3-5-16(8-15)17-6-7-23-18(10-17)14-24(32-23,25(28,29)30)19-11-20(26)13-21(27)12-19/h3-8,10-13H,2,9,14H2,1H3. The molecule has 0 aromatic heterocycles. The van der Waals surface area contributed by atoms with Crippen LogP contribution in [0.4, 0.5) is 13.2 Å². The molecule has 0 amide bonds. The van der Waals surface area contributed by atoms with Crippen LogP contribution in [-0.4, -0.2) is 12.0 Å². The van der Waals surface area contributed by atoms with Gasteiger partial charge in [0.2, 0.25) is 0 Å². The van der Waals surface area contributed by atoms with E-state index in [9.17, 15) is 18.0 Å². The average Bonchev–Trinajstić information content (AvgIpc) is 3.13. The number of alkyl halides is 3. The van der Waals surface area contributed by atoms with Crippen molar-refractivity contribution in [1.29, 1.82) is 0 Å². The van der Waals surface area contributed by atoms with Crippen LogP contribution in [0.15, 0.2) is 65.6 Å². The average molecular weight is 495 g/mol. The van der Waals surface area contributed by atoms with E-state index in [1.54, 1.807) is 6.07 Å². The first-order valence-electron chi connectivity index (χ1n) is 10.1. The van der Waals surface area contributed by atoms with Crippen LogP contribution in [-0.2, 0) is 22.4 Å². The highest BCUT2D eigenvalue weighted by molar-refractivity contribution is 8.00. The number of hydrogen-bond acceptors (Lipinski definition) is 2. The highest BCUT2D eigenvalue weighted by Gasteiger charge is 2.59. The zero-order valence-corrected chi connectivity index (χ0v) is 19.4. The molecule has 0 N–H and O–H groups in total. The van der Waals surface area contributed by atoms with Gasteiger partial charge in [-0.3, -0.25) is 4.79 Å². The molecule has 7 heteroatoms. The van der Waals surface area contributed by atoms with Crippen LogP contribution in [0.3, 0.4) is 0 Å². The molecular formula is C25H19Cl2F3OS. The summed E-state index contributed by atoms with van der Waals surface area (Å²) in [4.78, 5) is 12.4. The van der Waals surface area contributed by atoms with Crippen LogP contribution in [0.5, 0.6) is 0 Å². The van der Waals surface area contributed by atoms with E-state index in [0.29, 0.717) is 23.3 Å². The van der Waals surface area contributed by atoms with Gasteiger partial charge in [-0.25, -0.2) is 0 Å². The third-order valence-corrected chi connectivity index (χ3v) is 7.64. The van der Waals surface area contributed by atoms with Gasteiger partial charge in [0.25, 0.3) is 0 Å². The zero-order valence-electron chi connectivity index (χ0n) is 17.1. The lowest BCUT2D eigenvalue weighted by molar-refractivity contribution is -0.161. The van der Waals surface area contributed by atoms with Crippen molar-refractivity contribution in [3.63, 3.8) is 0 Å². The Morgan fingerprint density at radius 2 is 1.69 bits per heavy atom. The molecule has 0 radical (unpaired) electrons. The summed E-state index contributed by atoms with van der Waals surface area (Å²) >= 11 is 12.9. The monoisotopic (exact) mass is 494 g/mol. The van der Waals surface area contributed by atoms with E-state index in [1.165, 1.54) is 18.2 Å². The van der Waals surface area contributed by atoms with Gasteiger partial charge in [-0.2, -0.15) is 13.2 Å². The highest BCUT2D eigenvalue weighted by Crippen LogP contribution is 2.60. The van der Waals surface area contributed by atoms with Crippen molar-refractivity contribution in [2.45, 2.75) is 42.0 Å². The van der Waals surface area contributed by atoms with Crippen molar-refractivity contribution in [2.24, 2.45) is 0 Å². The summed E-state index contributed by atoms with van der Waals surface area (Å²) in [7, 11) is 0. The van der Waals surface area contributed by atoms with Crippen molar-refractivity contribution >= 4 is 40.7 Å². The van der Waals surface area contributed by atoms with E-state index in [1.807, 2.05) is 43.3 Å². The summed E-state index contributed by atoms with van der Waals surface area (Å²) in [5, 5.41) is 0.346. The molecular weight excluding hydrogens is 476 g/mol. The lowest BCUT2D eigenvalue weighted by Crippen LogP contribution is -2.39. The van der Waals surface area contributed by atoms with Crippen LogP contribution in [0.25, 0.3) is 11.1 Å². The van der Waals surface area contributed by atoms with Gasteiger partial charge in [-0.05, 0) is 58.1 Å². The first-order valence-corrected chi connectivity index (χ1v) is 11.6. The van der Waals surface area contributed by atoms with Gasteiger partial charge in [0, 0.05) is 34.2 Å². The van der Waals surface area contributed by atoms with Gasteiger partial charge < -0.3 is 0 Å². The van der Waals surface area contributed by atoms with Gasteiger partial charge in [0.1, 0.15) is 10.5 Å². The third kappa shape index (κ3) is 4.43. The van der Waals surface area contributed by atoms with Crippen LogP contribution in [0.1, 0.15) is 30.0 Å². The number of Topliss-reactive ketones (excluding diaryl/α,β-unsaturated/α-hetero) is 1. The molecule has 0 saturated heterocycles. The molecule has 3 aromatic carbocycles. The number of halogens is 5. The van der Waals surface area contributed by atoms with Crippen molar-refractivity contribution in [1.82, 2.24) is 0 Å². The number of carbonyl (C=O) groups is 1. The van der Waals surface area contributed by atoms with E-state index < -0.39 is 10.9 Å². The molecule has 32 heavy (non-hydrogen) atoms. The normalized spacial score (nSPS) is 17.9. The Hall–Kier alpha value is -1.95. The molecule has 1 nitrogen and oxygen atoms in total. The van der Waals surface area contributed by atoms with E-state index in [2.05, 4.69) is 0 Å². The Bertz CT molecular complexity index is 1170. The predicted molar refractivity (Wildman–Crippen MR) is 125 cm³/mol. The van der Waals surface area contributed by atoms with Crippen molar-refractivity contribution in [3.05, 3.63) is 87.4 Å². The van der Waals surface area contributed by atoms with Crippen LogP contribution in [0.2, 0.25) is 10.0 Å². The molecule has 3 aromatic rings. The minimum Gasteiger partial charge on any atom is -0.299 e. The fourth-order valence-electron chi connectivity index (χ4n) is 3.97. The smallest absolute Gasteiger partial charge is 0.299 e. The number of carbonyl (C=O) groups excluding carboxylic acids is 1. The molecule has 4 rings (SSSR count). The molecule has 0 spiro atoms. The number of rotatable bonds is 5. The fraction of sp³-hybridized carbons (Fsp3) is 0.240. The third-order valence-electron chi connectivity index (χ3n) is 5.63. The minimum absolute atomic E-state index is 0.0466. The predicted octanol–water partition coefficient (Wildman–Crippen LogP) is 8.29. The number of hydrogen-bond donors (Lipinski definition) is 0. The second-order valence-corrected chi connectivity index (χ2v) is 10.1. The molecule has 0 saturated carbocycles. The van der Waals surface area contributed by atoms with Crippen molar-refractivity contribution in [2.75, 3.05) is 0 Å². The summed E-state index contributed by atoms with van der Waals surface area (Å²) in [6.45, 7) is 1.82. The van der Waals surface area contributed by atoms with Gasteiger partial charge in [0.05, 0.1) is 0 Å². The second kappa shape index (κ2) is 8.77. The molecule has 0 bridgehead atoms. The maximum Gasteiger partial charge on any atom is 0.407 e. The molecule has 1 heterocycles. The van der Waals surface area contributed by atoms with Crippen molar-refractivity contribution in [3.8, 4) is 11.1 Å². The summed E-state index contributed by atoms with van der Waals surface area (Å²) < 4.78 is 41.1. The van der Waals surface area contributed by atoms with E-state index in [0.717, 1.165) is 28.5 Å².